The zero-order valence-electron chi connectivity index (χ0n) is 11.4. The molecule has 0 saturated carbocycles. The number of aromatic amines is 1. The summed E-state index contributed by atoms with van der Waals surface area (Å²) >= 11 is 1.17. The van der Waals surface area contributed by atoms with Crippen LogP contribution in [0.5, 0.6) is 0 Å². The predicted octanol–water partition coefficient (Wildman–Crippen LogP) is 1.99. The van der Waals surface area contributed by atoms with Crippen molar-refractivity contribution in [2.75, 3.05) is 6.54 Å². The summed E-state index contributed by atoms with van der Waals surface area (Å²) in [6, 6.07) is 4.97. The number of aromatic nitrogens is 3. The van der Waals surface area contributed by atoms with Crippen molar-refractivity contribution in [1.29, 1.82) is 0 Å². The Morgan fingerprint density at radius 2 is 2.25 bits per heavy atom. The molecule has 2 aromatic rings. The molecule has 0 atom stereocenters. The Labute approximate surface area is 120 Å². The molecule has 0 aliphatic heterocycles. The molecule has 108 valence electrons. The van der Waals surface area contributed by atoms with Gasteiger partial charge >= 0.3 is 5.69 Å². The van der Waals surface area contributed by atoms with Gasteiger partial charge in [-0.15, -0.1) is 5.10 Å². The number of H-pyrrole nitrogens is 1. The monoisotopic (exact) mass is 296 g/mol. The van der Waals surface area contributed by atoms with Gasteiger partial charge in [-0.3, -0.25) is 4.57 Å². The summed E-state index contributed by atoms with van der Waals surface area (Å²) < 4.78 is 15.5. The Hall–Kier alpha value is -1.60. The normalized spacial score (nSPS) is 10.9. The summed E-state index contributed by atoms with van der Waals surface area (Å²) in [6.07, 6.45) is 0. The van der Waals surface area contributed by atoms with Crippen LogP contribution in [0.25, 0.3) is 0 Å². The van der Waals surface area contributed by atoms with Gasteiger partial charge in [0.25, 0.3) is 0 Å². The standard InChI is InChI=1S/C13H17FN4OS/c1-3-15-8-9-6-5-7-10(14)11(9)20-13-17-16-12(19)18(13)4-2/h5-7,15H,3-4,8H2,1-2H3,(H,16,19). The van der Waals surface area contributed by atoms with E-state index in [9.17, 15) is 9.18 Å². The highest BCUT2D eigenvalue weighted by molar-refractivity contribution is 7.99. The van der Waals surface area contributed by atoms with Gasteiger partial charge in [-0.2, -0.15) is 0 Å². The molecule has 0 spiro atoms. The maximum absolute atomic E-state index is 14.0. The number of nitrogens with zero attached hydrogens (tertiary/aromatic N) is 2. The van der Waals surface area contributed by atoms with E-state index in [4.69, 9.17) is 0 Å². The van der Waals surface area contributed by atoms with Gasteiger partial charge in [0.15, 0.2) is 5.16 Å². The van der Waals surface area contributed by atoms with Crippen molar-refractivity contribution in [3.63, 3.8) is 0 Å². The van der Waals surface area contributed by atoms with Crippen molar-refractivity contribution < 1.29 is 4.39 Å². The zero-order chi connectivity index (χ0) is 14.5. The zero-order valence-corrected chi connectivity index (χ0v) is 12.3. The lowest BCUT2D eigenvalue weighted by Gasteiger charge is -2.10. The summed E-state index contributed by atoms with van der Waals surface area (Å²) in [5, 5.41) is 9.98. The Kier molecular flexibility index (Phi) is 4.97. The van der Waals surface area contributed by atoms with Gasteiger partial charge in [0, 0.05) is 13.1 Å². The molecule has 0 aliphatic rings. The van der Waals surface area contributed by atoms with Crippen molar-refractivity contribution in [1.82, 2.24) is 20.1 Å². The second-order valence-corrected chi connectivity index (χ2v) is 5.14. The fourth-order valence-electron chi connectivity index (χ4n) is 1.82. The second-order valence-electron chi connectivity index (χ2n) is 4.17. The van der Waals surface area contributed by atoms with E-state index >= 15 is 0 Å². The lowest BCUT2D eigenvalue weighted by atomic mass is 10.2. The summed E-state index contributed by atoms with van der Waals surface area (Å²) in [4.78, 5) is 12.0. The number of hydrogen-bond donors (Lipinski definition) is 2. The molecule has 5 nitrogen and oxygen atoms in total. The van der Waals surface area contributed by atoms with Crippen LogP contribution in [0.1, 0.15) is 19.4 Å². The molecule has 0 amide bonds. The molecular formula is C13H17FN4OS. The summed E-state index contributed by atoms with van der Waals surface area (Å²) in [7, 11) is 0. The van der Waals surface area contributed by atoms with E-state index in [0.717, 1.165) is 12.1 Å². The lowest BCUT2D eigenvalue weighted by Crippen LogP contribution is -2.16. The van der Waals surface area contributed by atoms with Crippen LogP contribution >= 0.6 is 11.8 Å². The summed E-state index contributed by atoms with van der Waals surface area (Å²) in [5.41, 5.74) is 0.578. The van der Waals surface area contributed by atoms with Crippen molar-refractivity contribution in [2.45, 2.75) is 37.0 Å². The van der Waals surface area contributed by atoms with Gasteiger partial charge in [-0.1, -0.05) is 19.1 Å². The van der Waals surface area contributed by atoms with Crippen LogP contribution < -0.4 is 11.0 Å². The maximum Gasteiger partial charge on any atom is 0.343 e. The van der Waals surface area contributed by atoms with Crippen molar-refractivity contribution in [2.24, 2.45) is 0 Å². The van der Waals surface area contributed by atoms with E-state index in [1.807, 2.05) is 19.9 Å². The summed E-state index contributed by atoms with van der Waals surface area (Å²) in [6.45, 7) is 5.73. The van der Waals surface area contributed by atoms with Crippen molar-refractivity contribution in [3.8, 4) is 0 Å². The minimum absolute atomic E-state index is 0.278. The van der Waals surface area contributed by atoms with Crippen LogP contribution in [0.3, 0.4) is 0 Å². The third-order valence-corrected chi connectivity index (χ3v) is 4.00. The first kappa shape index (κ1) is 14.8. The molecule has 1 heterocycles. The minimum Gasteiger partial charge on any atom is -0.313 e. The average Bonchev–Trinajstić information content (AvgIpc) is 2.79. The largest absolute Gasteiger partial charge is 0.343 e. The quantitative estimate of drug-likeness (QED) is 0.856. The maximum atomic E-state index is 14.0. The molecule has 0 aliphatic carbocycles. The Morgan fingerprint density at radius 1 is 1.45 bits per heavy atom. The van der Waals surface area contributed by atoms with Gasteiger partial charge < -0.3 is 5.32 Å². The van der Waals surface area contributed by atoms with Gasteiger partial charge in [-0.05, 0) is 36.9 Å². The Balaban J connectivity index is 2.34. The van der Waals surface area contributed by atoms with Gasteiger partial charge in [-0.25, -0.2) is 14.3 Å². The van der Waals surface area contributed by atoms with E-state index in [-0.39, 0.29) is 11.5 Å². The van der Waals surface area contributed by atoms with Crippen molar-refractivity contribution >= 4 is 11.8 Å². The van der Waals surface area contributed by atoms with E-state index in [1.165, 1.54) is 22.4 Å². The highest BCUT2D eigenvalue weighted by Crippen LogP contribution is 2.31. The Morgan fingerprint density at radius 3 is 2.95 bits per heavy atom. The molecule has 1 aromatic heterocycles. The number of benzene rings is 1. The third-order valence-electron chi connectivity index (χ3n) is 2.85. The van der Waals surface area contributed by atoms with Crippen LogP contribution in [-0.4, -0.2) is 21.3 Å². The lowest BCUT2D eigenvalue weighted by molar-refractivity contribution is 0.589. The van der Waals surface area contributed by atoms with Crippen molar-refractivity contribution in [3.05, 3.63) is 40.1 Å². The van der Waals surface area contributed by atoms with Crippen LogP contribution in [0.2, 0.25) is 0 Å². The van der Waals surface area contributed by atoms with Gasteiger partial charge in [0.05, 0.1) is 4.90 Å². The smallest absolute Gasteiger partial charge is 0.313 e. The molecule has 1 aromatic carbocycles. The topological polar surface area (TPSA) is 62.7 Å². The number of hydrogen-bond acceptors (Lipinski definition) is 4. The SMILES string of the molecule is CCNCc1cccc(F)c1Sc1n[nH]c(=O)n1CC. The van der Waals surface area contributed by atoms with Gasteiger partial charge in [0.1, 0.15) is 5.82 Å². The van der Waals surface area contributed by atoms with Crippen LogP contribution in [0.4, 0.5) is 4.39 Å². The molecule has 0 fully saturated rings. The van der Waals surface area contributed by atoms with E-state index in [0.29, 0.717) is 23.1 Å². The molecule has 2 rings (SSSR count). The first-order valence-corrected chi connectivity index (χ1v) is 7.30. The van der Waals surface area contributed by atoms with E-state index in [1.54, 1.807) is 6.07 Å². The fourth-order valence-corrected chi connectivity index (χ4v) is 2.85. The second kappa shape index (κ2) is 6.71. The fraction of sp³-hybridized carbons (Fsp3) is 0.385. The van der Waals surface area contributed by atoms with E-state index < -0.39 is 0 Å². The molecule has 20 heavy (non-hydrogen) atoms. The molecule has 7 heteroatoms. The summed E-state index contributed by atoms with van der Waals surface area (Å²) in [5.74, 6) is -0.302. The average molecular weight is 296 g/mol. The van der Waals surface area contributed by atoms with Gasteiger partial charge in [0.2, 0.25) is 0 Å². The molecule has 2 N–H and O–H groups in total. The predicted molar refractivity (Wildman–Crippen MR) is 76.4 cm³/mol. The van der Waals surface area contributed by atoms with Crippen LogP contribution in [-0.2, 0) is 13.1 Å². The third kappa shape index (κ3) is 3.10. The molecule has 0 unspecified atom stereocenters. The highest BCUT2D eigenvalue weighted by atomic mass is 32.2. The molecule has 0 saturated heterocycles. The highest BCUT2D eigenvalue weighted by Gasteiger charge is 2.14. The van der Waals surface area contributed by atoms with E-state index in [2.05, 4.69) is 15.5 Å². The van der Waals surface area contributed by atoms with Crippen LogP contribution in [0, 0.1) is 5.82 Å². The number of rotatable bonds is 6. The Bertz CT molecular complexity index is 638. The molecule has 0 radical (unpaired) electrons. The van der Waals surface area contributed by atoms with Crippen LogP contribution in [0.15, 0.2) is 33.0 Å². The number of halogens is 1. The molecule has 0 bridgehead atoms. The minimum atomic E-state index is -0.302. The molecular weight excluding hydrogens is 279 g/mol. The first-order valence-electron chi connectivity index (χ1n) is 6.48. The number of nitrogens with one attached hydrogen (secondary N) is 2. The first-order chi connectivity index (χ1) is 9.67.